The van der Waals surface area contributed by atoms with Crippen molar-refractivity contribution in [3.05, 3.63) is 27.7 Å². The van der Waals surface area contributed by atoms with Gasteiger partial charge in [0.15, 0.2) is 11.2 Å². The number of amides is 1. The fraction of sp³-hybridized carbons (Fsp3) is 0.500. The molecule has 1 N–H and O–H groups in total. The van der Waals surface area contributed by atoms with Gasteiger partial charge in [0.1, 0.15) is 0 Å². The van der Waals surface area contributed by atoms with Gasteiger partial charge in [0.2, 0.25) is 0 Å². The molecule has 1 aliphatic rings. The molecule has 2 aromatic heterocycles. The van der Waals surface area contributed by atoms with Crippen LogP contribution in [0, 0.1) is 6.92 Å². The van der Waals surface area contributed by atoms with Crippen LogP contribution >= 0.6 is 22.7 Å². The number of morpholine rings is 1. The molecule has 0 spiro atoms. The summed E-state index contributed by atoms with van der Waals surface area (Å²) in [5.41, 5.74) is 0. The quantitative estimate of drug-likeness (QED) is 0.894. The molecule has 118 valence electrons. The molecule has 2 aromatic rings. The molecule has 1 atom stereocenters. The normalized spacial score (nSPS) is 18.4. The molecule has 3 rings (SSSR count). The van der Waals surface area contributed by atoms with Crippen LogP contribution in [0.4, 0.5) is 5.13 Å². The lowest BCUT2D eigenvalue weighted by atomic mass is 10.2. The Morgan fingerprint density at radius 1 is 1.55 bits per heavy atom. The number of ether oxygens (including phenoxy) is 1. The third kappa shape index (κ3) is 3.82. The van der Waals surface area contributed by atoms with E-state index < -0.39 is 6.10 Å². The van der Waals surface area contributed by atoms with Gasteiger partial charge in [-0.2, -0.15) is 0 Å². The van der Waals surface area contributed by atoms with Crippen molar-refractivity contribution >= 4 is 33.7 Å². The molecule has 22 heavy (non-hydrogen) atoms. The molecular weight excluding hydrogens is 320 g/mol. The average Bonchev–Trinajstić information content (AvgIpc) is 3.19. The highest BCUT2D eigenvalue weighted by molar-refractivity contribution is 7.13. The first kappa shape index (κ1) is 15.4. The molecule has 1 saturated heterocycles. The molecule has 1 aliphatic heterocycles. The van der Waals surface area contributed by atoms with E-state index in [0.29, 0.717) is 19.7 Å². The van der Waals surface area contributed by atoms with E-state index >= 15 is 0 Å². The number of thiazole rings is 2. The first-order valence-electron chi connectivity index (χ1n) is 7.17. The Kier molecular flexibility index (Phi) is 5.01. The summed E-state index contributed by atoms with van der Waals surface area (Å²) in [6.45, 7) is 4.49. The second-order valence-electron chi connectivity index (χ2n) is 5.03. The lowest BCUT2D eigenvalue weighted by molar-refractivity contribution is -0.133. The molecule has 1 amide bonds. The molecule has 0 aromatic carbocycles. The van der Waals surface area contributed by atoms with Gasteiger partial charge >= 0.3 is 0 Å². The van der Waals surface area contributed by atoms with Gasteiger partial charge in [-0.05, 0) is 6.92 Å². The van der Waals surface area contributed by atoms with E-state index in [-0.39, 0.29) is 5.91 Å². The Bertz CT molecular complexity index is 614. The Morgan fingerprint density at radius 3 is 3.18 bits per heavy atom. The van der Waals surface area contributed by atoms with Crippen molar-refractivity contribution in [2.45, 2.75) is 19.4 Å². The maximum absolute atomic E-state index is 12.2. The summed E-state index contributed by atoms with van der Waals surface area (Å²) < 4.78 is 5.59. The number of hydrogen-bond acceptors (Lipinski definition) is 7. The maximum Gasteiger partial charge on any atom is 0.251 e. The van der Waals surface area contributed by atoms with Crippen LogP contribution in [-0.2, 0) is 16.0 Å². The lowest BCUT2D eigenvalue weighted by Gasteiger charge is -2.31. The van der Waals surface area contributed by atoms with Crippen molar-refractivity contribution in [1.82, 2.24) is 15.3 Å². The number of rotatable bonds is 5. The predicted molar refractivity (Wildman–Crippen MR) is 87.6 cm³/mol. The van der Waals surface area contributed by atoms with Crippen molar-refractivity contribution in [3.8, 4) is 0 Å². The topological polar surface area (TPSA) is 67.4 Å². The van der Waals surface area contributed by atoms with Gasteiger partial charge < -0.3 is 15.0 Å². The molecule has 0 radical (unpaired) electrons. The van der Waals surface area contributed by atoms with Gasteiger partial charge in [0, 0.05) is 42.2 Å². The Labute approximate surface area is 137 Å². The van der Waals surface area contributed by atoms with E-state index in [9.17, 15) is 4.79 Å². The minimum absolute atomic E-state index is 0.0606. The molecule has 0 aliphatic carbocycles. The van der Waals surface area contributed by atoms with E-state index in [1.807, 2.05) is 18.5 Å². The molecule has 3 heterocycles. The fourth-order valence-electron chi connectivity index (χ4n) is 2.28. The Hall–Kier alpha value is -1.51. The summed E-state index contributed by atoms with van der Waals surface area (Å²) in [6, 6.07) is 0. The van der Waals surface area contributed by atoms with Crippen LogP contribution < -0.4 is 10.2 Å². The van der Waals surface area contributed by atoms with Gasteiger partial charge in [-0.3, -0.25) is 4.79 Å². The van der Waals surface area contributed by atoms with Gasteiger partial charge in [-0.25, -0.2) is 9.97 Å². The van der Waals surface area contributed by atoms with Crippen molar-refractivity contribution in [1.29, 1.82) is 0 Å². The maximum atomic E-state index is 12.2. The number of carbonyl (C=O) groups is 1. The van der Waals surface area contributed by atoms with E-state index in [1.54, 1.807) is 28.9 Å². The summed E-state index contributed by atoms with van der Waals surface area (Å²) >= 11 is 3.25. The number of carbonyl (C=O) groups excluding carboxylic acids is 1. The predicted octanol–water partition coefficient (Wildman–Crippen LogP) is 1.47. The zero-order chi connectivity index (χ0) is 15.4. The highest BCUT2D eigenvalue weighted by atomic mass is 32.1. The van der Waals surface area contributed by atoms with Crippen LogP contribution in [0.1, 0.15) is 9.88 Å². The summed E-state index contributed by atoms with van der Waals surface area (Å²) in [7, 11) is 0. The van der Waals surface area contributed by atoms with Crippen molar-refractivity contribution < 1.29 is 9.53 Å². The minimum atomic E-state index is -0.435. The van der Waals surface area contributed by atoms with E-state index in [1.165, 1.54) is 4.88 Å². The molecule has 8 heteroatoms. The summed E-state index contributed by atoms with van der Waals surface area (Å²) in [5, 5.41) is 6.87. The van der Waals surface area contributed by atoms with Crippen molar-refractivity contribution in [2.24, 2.45) is 0 Å². The Balaban J connectivity index is 1.47. The molecular formula is C14H18N4O2S2. The van der Waals surface area contributed by atoms with E-state index in [2.05, 4.69) is 20.2 Å². The van der Waals surface area contributed by atoms with Crippen LogP contribution in [0.5, 0.6) is 0 Å². The molecule has 0 saturated carbocycles. The average molecular weight is 338 g/mol. The zero-order valence-electron chi connectivity index (χ0n) is 12.3. The molecule has 6 nitrogen and oxygen atoms in total. The summed E-state index contributed by atoms with van der Waals surface area (Å²) in [4.78, 5) is 24.1. The number of hydrogen-bond donors (Lipinski definition) is 1. The Morgan fingerprint density at radius 2 is 2.45 bits per heavy atom. The van der Waals surface area contributed by atoms with Gasteiger partial charge in [-0.15, -0.1) is 22.7 Å². The first-order valence-corrected chi connectivity index (χ1v) is 8.87. The standard InChI is InChI=1S/C14H18N4O2S2/c1-10-8-17-12(22-10)2-3-15-13(19)11-9-18(5-6-20-11)14-16-4-7-21-14/h4,7-8,11H,2-3,5-6,9H2,1H3,(H,15,19)/t11-/m1/s1. The van der Waals surface area contributed by atoms with Crippen molar-refractivity contribution in [2.75, 3.05) is 31.1 Å². The van der Waals surface area contributed by atoms with Crippen LogP contribution in [0.15, 0.2) is 17.8 Å². The van der Waals surface area contributed by atoms with Crippen LogP contribution in [0.25, 0.3) is 0 Å². The lowest BCUT2D eigenvalue weighted by Crippen LogP contribution is -2.50. The minimum Gasteiger partial charge on any atom is -0.365 e. The zero-order valence-corrected chi connectivity index (χ0v) is 14.0. The largest absolute Gasteiger partial charge is 0.365 e. The number of aryl methyl sites for hydroxylation is 1. The van der Waals surface area contributed by atoms with Crippen LogP contribution in [-0.4, -0.2) is 48.2 Å². The highest BCUT2D eigenvalue weighted by Gasteiger charge is 2.27. The molecule has 1 fully saturated rings. The SMILES string of the molecule is Cc1cnc(CCNC(=O)[C@H]2CN(c3nccs3)CCO2)s1. The van der Waals surface area contributed by atoms with Gasteiger partial charge in [0.25, 0.3) is 5.91 Å². The first-order chi connectivity index (χ1) is 10.7. The van der Waals surface area contributed by atoms with E-state index in [0.717, 1.165) is 23.1 Å². The van der Waals surface area contributed by atoms with E-state index in [4.69, 9.17) is 4.74 Å². The molecule has 0 unspecified atom stereocenters. The molecule has 0 bridgehead atoms. The number of anilines is 1. The van der Waals surface area contributed by atoms with Crippen molar-refractivity contribution in [3.63, 3.8) is 0 Å². The fourth-order valence-corrected chi connectivity index (χ4v) is 3.74. The van der Waals surface area contributed by atoms with Gasteiger partial charge in [0.05, 0.1) is 18.2 Å². The van der Waals surface area contributed by atoms with Gasteiger partial charge in [-0.1, -0.05) is 0 Å². The van der Waals surface area contributed by atoms with Crippen LogP contribution in [0.2, 0.25) is 0 Å². The second kappa shape index (κ2) is 7.17. The smallest absolute Gasteiger partial charge is 0.251 e. The summed E-state index contributed by atoms with van der Waals surface area (Å²) in [5.74, 6) is -0.0606. The third-order valence-corrected chi connectivity index (χ3v) is 5.16. The third-order valence-electron chi connectivity index (χ3n) is 3.36. The highest BCUT2D eigenvalue weighted by Crippen LogP contribution is 2.20. The number of nitrogens with zero attached hydrogens (tertiary/aromatic N) is 3. The monoisotopic (exact) mass is 338 g/mol. The van der Waals surface area contributed by atoms with Crippen LogP contribution in [0.3, 0.4) is 0 Å². The summed E-state index contributed by atoms with van der Waals surface area (Å²) in [6.07, 6.45) is 3.96. The number of aromatic nitrogens is 2. The second-order valence-corrected chi connectivity index (χ2v) is 7.22. The number of nitrogens with one attached hydrogen (secondary N) is 1.